The minimum atomic E-state index is -1.46. The number of aliphatic hydroxyl groups excluding tert-OH is 1. The molecule has 0 saturated carbocycles. The molecule has 0 fully saturated rings. The lowest BCUT2D eigenvalue weighted by atomic mass is 10.1. The summed E-state index contributed by atoms with van der Waals surface area (Å²) in [4.78, 5) is 23.1. The number of quaternary nitrogens is 1. The molecule has 0 heterocycles. The maximum Gasteiger partial charge on any atom is 0.361 e. The van der Waals surface area contributed by atoms with E-state index in [0.29, 0.717) is 17.4 Å². The number of carboxylic acid groups (broad SMARTS) is 1. The first-order chi connectivity index (χ1) is 16.7. The number of nitrogens with zero attached hydrogens (tertiary/aromatic N) is 1. The molecule has 0 rings (SSSR count). The smallest absolute Gasteiger partial charge is 0.361 e. The molecular weight excluding hydrogens is 450 g/mol. The van der Waals surface area contributed by atoms with Gasteiger partial charge in [-0.2, -0.15) is 0 Å². The zero-order chi connectivity index (χ0) is 26.4. The third-order valence-electron chi connectivity index (χ3n) is 5.19. The van der Waals surface area contributed by atoms with Gasteiger partial charge in [0.05, 0.1) is 34.4 Å². The van der Waals surface area contributed by atoms with Gasteiger partial charge < -0.3 is 28.9 Å². The van der Waals surface area contributed by atoms with E-state index >= 15 is 0 Å². The molecule has 0 spiro atoms. The number of aliphatic carboxylic acids is 1. The number of rotatable bonds is 23. The Morgan fingerprint density at radius 3 is 2.11 bits per heavy atom. The van der Waals surface area contributed by atoms with Gasteiger partial charge in [-0.3, -0.25) is 4.79 Å². The Hall–Kier alpha value is -1.74. The summed E-state index contributed by atoms with van der Waals surface area (Å²) in [5.41, 5.74) is 0. The van der Waals surface area contributed by atoms with Crippen molar-refractivity contribution < 1.29 is 38.5 Å². The second-order valence-electron chi connectivity index (χ2n) is 9.85. The van der Waals surface area contributed by atoms with Crippen LogP contribution in [-0.2, 0) is 23.8 Å². The summed E-state index contributed by atoms with van der Waals surface area (Å²) in [6, 6.07) is 0. The lowest BCUT2D eigenvalue weighted by Gasteiger charge is -2.24. The molecule has 0 saturated heterocycles. The van der Waals surface area contributed by atoms with E-state index in [1.807, 2.05) is 21.1 Å². The van der Waals surface area contributed by atoms with Gasteiger partial charge in [0.25, 0.3) is 6.29 Å². The Balaban J connectivity index is 3.73. The Morgan fingerprint density at radius 2 is 1.49 bits per heavy atom. The monoisotopic (exact) mass is 500 g/mol. The molecule has 8 heteroatoms. The Bertz CT molecular complexity index is 599. The first kappa shape index (κ1) is 33.3. The number of likely N-dealkylation sites (N-methyl/N-ethyl adjacent to an activating group) is 1. The van der Waals surface area contributed by atoms with E-state index < -0.39 is 18.4 Å². The molecule has 0 bridgehead atoms. The van der Waals surface area contributed by atoms with Crippen LogP contribution in [0.2, 0.25) is 0 Å². The number of carbonyl (C=O) groups excluding carboxylic acids is 1. The van der Waals surface area contributed by atoms with E-state index in [4.69, 9.17) is 19.3 Å². The molecular formula is C27H50NO7+. The number of hydrogen-bond acceptors (Lipinski definition) is 6. The van der Waals surface area contributed by atoms with Gasteiger partial charge in [-0.25, -0.2) is 4.79 Å². The van der Waals surface area contributed by atoms with Crippen molar-refractivity contribution in [1.29, 1.82) is 0 Å². The average Bonchev–Trinajstić information content (AvgIpc) is 2.79. The second-order valence-corrected chi connectivity index (χ2v) is 9.85. The molecule has 2 atom stereocenters. The number of unbranched alkanes of at least 4 members (excludes halogenated alkanes) is 7. The van der Waals surface area contributed by atoms with Crippen molar-refractivity contribution in [2.75, 3.05) is 47.5 Å². The summed E-state index contributed by atoms with van der Waals surface area (Å²) >= 11 is 0. The van der Waals surface area contributed by atoms with Crippen molar-refractivity contribution >= 4 is 11.9 Å². The van der Waals surface area contributed by atoms with Gasteiger partial charge in [-0.05, 0) is 32.1 Å². The van der Waals surface area contributed by atoms with Crippen molar-refractivity contribution in [2.45, 2.75) is 89.9 Å². The zero-order valence-corrected chi connectivity index (χ0v) is 22.5. The first-order valence-corrected chi connectivity index (χ1v) is 13.1. The molecule has 204 valence electrons. The number of carbonyl (C=O) groups is 2. The fraction of sp³-hybridized carbons (Fsp3) is 0.778. The molecule has 0 aromatic rings. The number of hydrogen-bond donors (Lipinski definition) is 2. The predicted octanol–water partition coefficient (Wildman–Crippen LogP) is 4.46. The van der Waals surface area contributed by atoms with Gasteiger partial charge in [0.2, 0.25) is 0 Å². The number of carboxylic acids is 1. The maximum atomic E-state index is 11.8. The van der Waals surface area contributed by atoms with Crippen molar-refractivity contribution in [3.63, 3.8) is 0 Å². The van der Waals surface area contributed by atoms with Gasteiger partial charge in [0.15, 0.2) is 0 Å². The highest BCUT2D eigenvalue weighted by molar-refractivity contribution is 5.70. The average molecular weight is 501 g/mol. The molecule has 2 N–H and O–H groups in total. The van der Waals surface area contributed by atoms with Crippen molar-refractivity contribution in [3.8, 4) is 0 Å². The first-order valence-electron chi connectivity index (χ1n) is 13.1. The van der Waals surface area contributed by atoms with E-state index in [2.05, 4.69) is 31.2 Å². The zero-order valence-electron chi connectivity index (χ0n) is 22.5. The van der Waals surface area contributed by atoms with E-state index in [9.17, 15) is 14.7 Å². The third-order valence-corrected chi connectivity index (χ3v) is 5.19. The van der Waals surface area contributed by atoms with Gasteiger partial charge in [-0.15, -0.1) is 0 Å². The summed E-state index contributed by atoms with van der Waals surface area (Å²) in [6.07, 6.45) is 17.6. The van der Waals surface area contributed by atoms with Crippen molar-refractivity contribution in [1.82, 2.24) is 0 Å². The number of esters is 1. The molecule has 0 aliphatic heterocycles. The largest absolute Gasteiger partial charge is 0.477 e. The molecule has 0 amide bonds. The van der Waals surface area contributed by atoms with Gasteiger partial charge in [-0.1, -0.05) is 63.3 Å². The quantitative estimate of drug-likeness (QED) is 0.0702. The highest BCUT2D eigenvalue weighted by Gasteiger charge is 2.22. The van der Waals surface area contributed by atoms with Crippen LogP contribution in [0.1, 0.15) is 77.6 Å². The van der Waals surface area contributed by atoms with E-state index in [0.717, 1.165) is 44.9 Å². The highest BCUT2D eigenvalue weighted by atomic mass is 16.7. The van der Waals surface area contributed by atoms with Gasteiger partial charge in [0.1, 0.15) is 19.3 Å². The fourth-order valence-electron chi connectivity index (χ4n) is 3.02. The molecule has 8 nitrogen and oxygen atoms in total. The van der Waals surface area contributed by atoms with Crippen LogP contribution >= 0.6 is 0 Å². The summed E-state index contributed by atoms with van der Waals surface area (Å²) < 4.78 is 16.0. The molecule has 35 heavy (non-hydrogen) atoms. The Labute approximate surface area is 212 Å². The molecule has 0 aromatic heterocycles. The van der Waals surface area contributed by atoms with Crippen LogP contribution in [0.15, 0.2) is 24.3 Å². The SMILES string of the molecule is CCCC/C=C\C/C=C\CCCCCCCC(=O)OCC(O)COC(OCC[N+](C)(C)C)C(=O)O. The van der Waals surface area contributed by atoms with E-state index in [1.165, 1.54) is 19.3 Å². The lowest BCUT2D eigenvalue weighted by molar-refractivity contribution is -0.870. The summed E-state index contributed by atoms with van der Waals surface area (Å²) in [7, 11) is 5.89. The van der Waals surface area contributed by atoms with Crippen molar-refractivity contribution in [3.05, 3.63) is 24.3 Å². The van der Waals surface area contributed by atoms with Crippen LogP contribution in [0.5, 0.6) is 0 Å². The minimum Gasteiger partial charge on any atom is -0.477 e. The molecule has 0 aliphatic carbocycles. The molecule has 0 radical (unpaired) electrons. The third kappa shape index (κ3) is 23.8. The summed E-state index contributed by atoms with van der Waals surface area (Å²) in [5, 5.41) is 19.1. The fourth-order valence-corrected chi connectivity index (χ4v) is 3.02. The van der Waals surface area contributed by atoms with Crippen LogP contribution in [-0.4, -0.2) is 86.5 Å². The number of aliphatic hydroxyl groups is 1. The highest BCUT2D eigenvalue weighted by Crippen LogP contribution is 2.09. The van der Waals surface area contributed by atoms with Crippen LogP contribution in [0.4, 0.5) is 0 Å². The van der Waals surface area contributed by atoms with Gasteiger partial charge >= 0.3 is 11.9 Å². The lowest BCUT2D eigenvalue weighted by Crippen LogP contribution is -2.40. The van der Waals surface area contributed by atoms with Crippen LogP contribution in [0.3, 0.4) is 0 Å². The summed E-state index contributed by atoms with van der Waals surface area (Å²) in [5.74, 6) is -1.63. The van der Waals surface area contributed by atoms with E-state index in [-0.39, 0.29) is 25.8 Å². The maximum absolute atomic E-state index is 11.8. The molecule has 0 aromatic carbocycles. The molecule has 0 aliphatic rings. The van der Waals surface area contributed by atoms with Crippen LogP contribution < -0.4 is 0 Å². The summed E-state index contributed by atoms with van der Waals surface area (Å²) in [6.45, 7) is 2.50. The van der Waals surface area contributed by atoms with E-state index in [1.54, 1.807) is 0 Å². The second kappa shape index (κ2) is 21.5. The van der Waals surface area contributed by atoms with Crippen LogP contribution in [0, 0.1) is 0 Å². The number of ether oxygens (including phenoxy) is 3. The number of allylic oxidation sites excluding steroid dienone is 4. The topological polar surface area (TPSA) is 102 Å². The van der Waals surface area contributed by atoms with Crippen molar-refractivity contribution in [2.24, 2.45) is 0 Å². The minimum absolute atomic E-state index is 0.207. The molecule has 2 unspecified atom stereocenters. The standard InChI is InChI=1S/C27H49NO7/c1-5-6-7-8-9-10-11-12-13-14-15-16-17-18-19-25(30)34-22-24(29)23-35-27(26(31)32)33-21-20-28(2,3)4/h8-9,11-12,24,27,29H,5-7,10,13-23H2,1-4H3/p+1/b9-8-,12-11-. The van der Waals surface area contributed by atoms with Crippen LogP contribution in [0.25, 0.3) is 0 Å². The van der Waals surface area contributed by atoms with Gasteiger partial charge in [0, 0.05) is 6.42 Å². The Morgan fingerprint density at radius 1 is 0.857 bits per heavy atom. The Kier molecular flexibility index (Phi) is 20.5. The normalized spacial score (nSPS) is 14.0. The predicted molar refractivity (Wildman–Crippen MR) is 138 cm³/mol.